The molecule has 0 amide bonds. The summed E-state index contributed by atoms with van der Waals surface area (Å²) in [5, 5.41) is 0.596. The quantitative estimate of drug-likeness (QED) is 0.504. The lowest BCUT2D eigenvalue weighted by atomic mass is 10.3. The van der Waals surface area contributed by atoms with Crippen LogP contribution in [0.5, 0.6) is 0 Å². The van der Waals surface area contributed by atoms with Crippen LogP contribution in [0.25, 0.3) is 5.69 Å². The fourth-order valence-corrected chi connectivity index (χ4v) is 1.46. The van der Waals surface area contributed by atoms with Gasteiger partial charge in [0.2, 0.25) is 5.69 Å². The Morgan fingerprint density at radius 2 is 1.67 bits per heavy atom. The van der Waals surface area contributed by atoms with Gasteiger partial charge in [0.15, 0.2) is 6.20 Å². The van der Waals surface area contributed by atoms with Gasteiger partial charge in [-0.15, -0.1) is 0 Å². The van der Waals surface area contributed by atoms with Crippen LogP contribution in [-0.2, 0) is 0 Å². The van der Waals surface area contributed by atoms with Crippen molar-refractivity contribution in [1.82, 2.24) is 0 Å². The highest BCUT2D eigenvalue weighted by molar-refractivity contribution is 6.28. The highest BCUT2D eigenvalue weighted by Gasteiger charge is 2.09. The van der Waals surface area contributed by atoms with Crippen LogP contribution in [0, 0.1) is 5.82 Å². The predicted molar refractivity (Wildman–Crippen MR) is 52.9 cm³/mol. The van der Waals surface area contributed by atoms with Crippen LogP contribution in [0.2, 0.25) is 5.15 Å². The highest BCUT2D eigenvalue weighted by Crippen LogP contribution is 2.06. The summed E-state index contributed by atoms with van der Waals surface area (Å²) in [5.74, 6) is -0.249. The first-order chi connectivity index (χ1) is 6.77. The van der Waals surface area contributed by atoms with Crippen molar-refractivity contribution in [3.63, 3.8) is 0 Å². The van der Waals surface area contributed by atoms with Gasteiger partial charge >= 0.3 is 0 Å². The zero-order valence-electron chi connectivity index (χ0n) is 7.70. The zero-order valence-corrected chi connectivity index (χ0v) is 10.0. The van der Waals surface area contributed by atoms with Crippen LogP contribution in [-0.4, -0.2) is 0 Å². The molecule has 1 nitrogen and oxygen atoms in total. The third-order valence-electron chi connectivity index (χ3n) is 1.91. The van der Waals surface area contributed by atoms with Crippen LogP contribution in [0.3, 0.4) is 0 Å². The Kier molecular flexibility index (Phi) is 4.24. The molecular formula is C11H8BrClFN. The van der Waals surface area contributed by atoms with E-state index >= 15 is 0 Å². The van der Waals surface area contributed by atoms with Gasteiger partial charge in [-0.2, -0.15) is 4.57 Å². The summed E-state index contributed by atoms with van der Waals surface area (Å²) in [5.41, 5.74) is 0.844. The van der Waals surface area contributed by atoms with E-state index in [9.17, 15) is 4.39 Å². The van der Waals surface area contributed by atoms with Crippen molar-refractivity contribution < 1.29 is 25.9 Å². The van der Waals surface area contributed by atoms with Crippen molar-refractivity contribution in [2.24, 2.45) is 0 Å². The summed E-state index contributed by atoms with van der Waals surface area (Å²) in [6.45, 7) is 0. The number of pyridine rings is 1. The van der Waals surface area contributed by atoms with Crippen molar-refractivity contribution in [3.8, 4) is 5.69 Å². The summed E-state index contributed by atoms with van der Waals surface area (Å²) in [7, 11) is 0. The standard InChI is InChI=1S/C11H8ClFN.BrH/c12-11-3-1-2-8-14(11)10-6-4-9(13)5-7-10;/h1-8H;1H/q+1;/p-1. The van der Waals surface area contributed by atoms with Crippen molar-refractivity contribution in [1.29, 1.82) is 0 Å². The molecule has 0 aliphatic rings. The van der Waals surface area contributed by atoms with Gasteiger partial charge in [-0.25, -0.2) is 4.39 Å². The van der Waals surface area contributed by atoms with Crippen molar-refractivity contribution in [2.45, 2.75) is 0 Å². The number of rotatable bonds is 1. The topological polar surface area (TPSA) is 3.88 Å². The van der Waals surface area contributed by atoms with Crippen LogP contribution in [0.1, 0.15) is 0 Å². The van der Waals surface area contributed by atoms with Crippen LogP contribution in [0.15, 0.2) is 48.7 Å². The van der Waals surface area contributed by atoms with Crippen molar-refractivity contribution in [2.75, 3.05) is 0 Å². The normalized spacial score (nSPS) is 9.47. The lowest BCUT2D eigenvalue weighted by Gasteiger charge is -1.96. The lowest BCUT2D eigenvalue weighted by molar-refractivity contribution is -0.593. The van der Waals surface area contributed by atoms with Gasteiger partial charge in [0, 0.05) is 24.3 Å². The van der Waals surface area contributed by atoms with Gasteiger partial charge in [0.25, 0.3) is 5.15 Å². The summed E-state index contributed by atoms with van der Waals surface area (Å²) in [4.78, 5) is 0. The minimum Gasteiger partial charge on any atom is -1.00 e. The summed E-state index contributed by atoms with van der Waals surface area (Å²) in [6.07, 6.45) is 1.83. The molecule has 0 unspecified atom stereocenters. The zero-order chi connectivity index (χ0) is 9.97. The molecular weight excluding hydrogens is 280 g/mol. The van der Waals surface area contributed by atoms with E-state index in [2.05, 4.69) is 0 Å². The van der Waals surface area contributed by atoms with E-state index in [0.717, 1.165) is 5.69 Å². The largest absolute Gasteiger partial charge is 1.00 e. The Morgan fingerprint density at radius 3 is 2.27 bits per heavy atom. The Hall–Kier alpha value is -0.930. The van der Waals surface area contributed by atoms with Crippen LogP contribution in [0.4, 0.5) is 4.39 Å². The lowest BCUT2D eigenvalue weighted by Crippen LogP contribution is -3.00. The van der Waals surface area contributed by atoms with Gasteiger partial charge in [-0.05, 0) is 29.8 Å². The highest BCUT2D eigenvalue weighted by atomic mass is 79.9. The maximum Gasteiger partial charge on any atom is 0.280 e. The number of benzene rings is 1. The maximum absolute atomic E-state index is 12.7. The molecule has 4 heteroatoms. The third kappa shape index (κ3) is 2.76. The second kappa shape index (κ2) is 5.24. The minimum absolute atomic E-state index is 0. The second-order valence-electron chi connectivity index (χ2n) is 2.87. The number of nitrogens with zero attached hydrogens (tertiary/aromatic N) is 1. The van der Waals surface area contributed by atoms with Crippen LogP contribution < -0.4 is 21.5 Å². The molecule has 0 aliphatic carbocycles. The molecule has 15 heavy (non-hydrogen) atoms. The summed E-state index contributed by atoms with van der Waals surface area (Å²) in [6, 6.07) is 11.7. The van der Waals surface area contributed by atoms with Gasteiger partial charge in [-0.3, -0.25) is 0 Å². The van der Waals surface area contributed by atoms with Gasteiger partial charge < -0.3 is 17.0 Å². The van der Waals surface area contributed by atoms with E-state index in [-0.39, 0.29) is 22.8 Å². The first kappa shape index (κ1) is 12.1. The molecule has 0 atom stereocenters. The molecule has 0 saturated carbocycles. The summed E-state index contributed by atoms with van der Waals surface area (Å²) >= 11 is 5.97. The summed E-state index contributed by atoms with van der Waals surface area (Å²) < 4.78 is 14.4. The van der Waals surface area contributed by atoms with Crippen molar-refractivity contribution >= 4 is 11.6 Å². The van der Waals surface area contributed by atoms with E-state index in [4.69, 9.17) is 11.6 Å². The van der Waals surface area contributed by atoms with E-state index in [0.29, 0.717) is 5.15 Å². The average molecular weight is 289 g/mol. The molecule has 78 valence electrons. The minimum atomic E-state index is -0.249. The molecule has 0 bridgehead atoms. The third-order valence-corrected chi connectivity index (χ3v) is 2.22. The molecule has 0 fully saturated rings. The van der Waals surface area contributed by atoms with Gasteiger partial charge in [-0.1, -0.05) is 0 Å². The maximum atomic E-state index is 12.7. The Bertz CT molecular complexity index is 445. The molecule has 2 rings (SSSR count). The SMILES string of the molecule is Fc1ccc(-[n+]2ccccc2Cl)cc1.[Br-]. The molecule has 0 N–H and O–H groups in total. The molecule has 1 heterocycles. The molecule has 0 aliphatic heterocycles. The second-order valence-corrected chi connectivity index (χ2v) is 3.26. The predicted octanol–water partition coefficient (Wildman–Crippen LogP) is -0.240. The number of halogens is 3. The number of hydrogen-bond donors (Lipinski definition) is 0. The average Bonchev–Trinajstić information content (AvgIpc) is 2.20. The van der Waals surface area contributed by atoms with Crippen LogP contribution >= 0.6 is 11.6 Å². The Balaban J connectivity index is 0.00000112. The molecule has 2 aromatic rings. The molecule has 0 spiro atoms. The molecule has 0 radical (unpaired) electrons. The number of aromatic nitrogens is 1. The first-order valence-corrected chi connectivity index (χ1v) is 4.57. The fraction of sp³-hybridized carbons (Fsp3) is 0. The van der Waals surface area contributed by atoms with Gasteiger partial charge in [0.05, 0.1) is 0 Å². The van der Waals surface area contributed by atoms with E-state index in [1.807, 2.05) is 18.3 Å². The van der Waals surface area contributed by atoms with E-state index < -0.39 is 0 Å². The first-order valence-electron chi connectivity index (χ1n) is 4.19. The molecule has 0 saturated heterocycles. The molecule has 1 aromatic heterocycles. The molecule has 1 aromatic carbocycles. The Labute approximate surface area is 103 Å². The van der Waals surface area contributed by atoms with Crippen molar-refractivity contribution in [3.05, 3.63) is 59.6 Å². The monoisotopic (exact) mass is 287 g/mol. The Morgan fingerprint density at radius 1 is 1.00 bits per heavy atom. The van der Waals surface area contributed by atoms with E-state index in [1.165, 1.54) is 12.1 Å². The smallest absolute Gasteiger partial charge is 0.280 e. The van der Waals surface area contributed by atoms with Gasteiger partial charge in [0.1, 0.15) is 5.82 Å². The van der Waals surface area contributed by atoms with E-state index in [1.54, 1.807) is 22.8 Å². The number of hydrogen-bond acceptors (Lipinski definition) is 0. The fourth-order valence-electron chi connectivity index (χ4n) is 1.23.